The molecule has 12 nitrogen and oxygen atoms in total. The van der Waals surface area contributed by atoms with Crippen LogP contribution in [-0.2, 0) is 30.7 Å². The molecular formula is C28H30F4N10O2S. The van der Waals surface area contributed by atoms with E-state index in [-0.39, 0.29) is 37.1 Å². The van der Waals surface area contributed by atoms with Gasteiger partial charge in [0, 0.05) is 71.6 Å². The number of hydrogen-bond donors (Lipinski definition) is 0. The van der Waals surface area contributed by atoms with Gasteiger partial charge in [0.25, 0.3) is 10.0 Å². The van der Waals surface area contributed by atoms with Crippen molar-refractivity contribution in [1.29, 1.82) is 5.26 Å². The van der Waals surface area contributed by atoms with E-state index in [9.17, 15) is 17.2 Å². The Labute approximate surface area is 257 Å². The van der Waals surface area contributed by atoms with E-state index in [1.807, 2.05) is 4.90 Å². The lowest BCUT2D eigenvalue weighted by atomic mass is 9.97. The topological polar surface area (TPSA) is 129 Å². The van der Waals surface area contributed by atoms with Crippen LogP contribution in [0.25, 0.3) is 0 Å². The Bertz CT molecular complexity index is 1770. The molecule has 5 rings (SSSR count). The van der Waals surface area contributed by atoms with Crippen molar-refractivity contribution in [1.82, 2.24) is 33.4 Å². The van der Waals surface area contributed by atoms with Gasteiger partial charge in [0.05, 0.1) is 24.9 Å². The Kier molecular flexibility index (Phi) is 9.34. The molecule has 17 heteroatoms. The van der Waals surface area contributed by atoms with E-state index >= 15 is 8.78 Å². The van der Waals surface area contributed by atoms with Crippen LogP contribution in [0.5, 0.6) is 0 Å². The summed E-state index contributed by atoms with van der Waals surface area (Å²) in [7, 11) is -0.960. The average molecular weight is 647 g/mol. The zero-order valence-corrected chi connectivity index (χ0v) is 25.3. The third-order valence-corrected chi connectivity index (χ3v) is 9.50. The summed E-state index contributed by atoms with van der Waals surface area (Å²) in [6, 6.07) is 2.86. The Morgan fingerprint density at radius 3 is 2.20 bits per heavy atom. The molecule has 0 saturated carbocycles. The summed E-state index contributed by atoms with van der Waals surface area (Å²) in [5.41, 5.74) is -2.02. The first kappa shape index (κ1) is 31.9. The number of rotatable bonds is 11. The predicted octanol–water partition coefficient (Wildman–Crippen LogP) is 2.99. The van der Waals surface area contributed by atoms with Crippen molar-refractivity contribution < 1.29 is 26.0 Å². The molecule has 4 heterocycles. The van der Waals surface area contributed by atoms with Crippen LogP contribution in [0.15, 0.2) is 48.5 Å². The fourth-order valence-corrected chi connectivity index (χ4v) is 6.73. The third-order valence-electron chi connectivity index (χ3n) is 7.75. The largest absolute Gasteiger partial charge is 0.359 e. The number of anilines is 2. The van der Waals surface area contributed by atoms with Gasteiger partial charge in [-0.25, -0.2) is 45.9 Å². The number of nitrogens with zero attached hydrogens (tertiary/aromatic N) is 10. The normalized spacial score (nSPS) is 14.2. The molecule has 4 aromatic rings. The number of benzene rings is 1. The van der Waals surface area contributed by atoms with Crippen LogP contribution in [0.4, 0.5) is 29.2 Å². The van der Waals surface area contributed by atoms with Crippen LogP contribution in [0, 0.1) is 40.5 Å². The maximum absolute atomic E-state index is 15.3. The highest BCUT2D eigenvalue weighted by atomic mass is 32.2. The zero-order valence-electron chi connectivity index (χ0n) is 24.5. The van der Waals surface area contributed by atoms with Crippen molar-refractivity contribution in [3.8, 4) is 6.07 Å². The second-order valence-corrected chi connectivity index (χ2v) is 12.6. The van der Waals surface area contributed by atoms with Crippen molar-refractivity contribution >= 4 is 21.7 Å². The summed E-state index contributed by atoms with van der Waals surface area (Å²) in [6.07, 6.45) is 10.0. The highest BCUT2D eigenvalue weighted by Gasteiger charge is 2.34. The highest BCUT2D eigenvalue weighted by Crippen LogP contribution is 2.32. The van der Waals surface area contributed by atoms with E-state index in [0.29, 0.717) is 37.6 Å². The van der Waals surface area contributed by atoms with Crippen molar-refractivity contribution in [2.75, 3.05) is 42.5 Å². The molecule has 0 radical (unpaired) electrons. The molecule has 3 aromatic heterocycles. The molecular weight excluding hydrogens is 616 g/mol. The van der Waals surface area contributed by atoms with Crippen molar-refractivity contribution in [3.63, 3.8) is 0 Å². The van der Waals surface area contributed by atoms with Gasteiger partial charge in [-0.1, -0.05) is 0 Å². The number of aromatic nitrogens is 6. The van der Waals surface area contributed by atoms with Crippen molar-refractivity contribution in [3.05, 3.63) is 78.0 Å². The summed E-state index contributed by atoms with van der Waals surface area (Å²) in [5, 5.41) is 8.84. The number of imidazole rings is 2. The second kappa shape index (κ2) is 13.2. The van der Waals surface area contributed by atoms with E-state index < -0.39 is 44.5 Å². The van der Waals surface area contributed by atoms with Gasteiger partial charge in [-0.05, 0) is 24.8 Å². The SMILES string of the molecule is Cn1cnc(S(=O)(=O)N(CCN(Cc2cncn2C)c2c(F)c(F)c(C#N)c(F)c2F)CC2CCN(c3ncccn3)CC2)c1. The van der Waals surface area contributed by atoms with E-state index in [1.54, 1.807) is 37.1 Å². The third kappa shape index (κ3) is 6.61. The molecule has 0 amide bonds. The fourth-order valence-electron chi connectivity index (χ4n) is 5.25. The van der Waals surface area contributed by atoms with Gasteiger partial charge in [-0.2, -0.15) is 9.57 Å². The van der Waals surface area contributed by atoms with Gasteiger partial charge in [-0.3, -0.25) is 0 Å². The number of aryl methyl sites for hydroxylation is 2. The lowest BCUT2D eigenvalue weighted by Gasteiger charge is -2.35. The Morgan fingerprint density at radius 1 is 0.978 bits per heavy atom. The first-order valence-corrected chi connectivity index (χ1v) is 15.4. The molecule has 238 valence electrons. The zero-order chi connectivity index (χ0) is 32.3. The fraction of sp³-hybridized carbons (Fsp3) is 0.393. The van der Waals surface area contributed by atoms with Gasteiger partial charge in [0.2, 0.25) is 5.95 Å². The first-order chi connectivity index (χ1) is 21.5. The van der Waals surface area contributed by atoms with Crippen molar-refractivity contribution in [2.24, 2.45) is 20.0 Å². The molecule has 0 unspecified atom stereocenters. The Hall–Kier alpha value is -4.56. The molecule has 1 aliphatic rings. The van der Waals surface area contributed by atoms with Crippen LogP contribution >= 0.6 is 0 Å². The molecule has 0 N–H and O–H groups in total. The van der Waals surface area contributed by atoms with Crippen LogP contribution in [0.3, 0.4) is 0 Å². The summed E-state index contributed by atoms with van der Waals surface area (Å²) >= 11 is 0. The monoisotopic (exact) mass is 646 g/mol. The molecule has 0 spiro atoms. The molecule has 0 aliphatic carbocycles. The van der Waals surface area contributed by atoms with Gasteiger partial charge in [-0.15, -0.1) is 0 Å². The van der Waals surface area contributed by atoms with E-state index in [1.165, 1.54) is 33.9 Å². The van der Waals surface area contributed by atoms with Crippen LogP contribution in [-0.4, -0.2) is 74.5 Å². The standard InChI is InChI=1S/C28H30F4N10O2S/c1-38-16-22(37-18-38)45(43,44)42(14-19-4-8-40(9-5-19)28-35-6-3-7-36-28)11-10-41(15-20-13-34-17-39(20)2)27-25(31)23(29)21(12-33)24(30)26(27)32/h3,6-7,13,16-19H,4-5,8-11,14-15H2,1-2H3. The van der Waals surface area contributed by atoms with Crippen LogP contribution in [0.2, 0.25) is 0 Å². The lowest BCUT2D eigenvalue weighted by Crippen LogP contribution is -2.44. The maximum atomic E-state index is 15.3. The molecule has 0 bridgehead atoms. The minimum Gasteiger partial charge on any atom is -0.359 e. The van der Waals surface area contributed by atoms with Gasteiger partial charge >= 0.3 is 0 Å². The van der Waals surface area contributed by atoms with E-state index in [0.717, 1.165) is 11.0 Å². The molecule has 1 aliphatic heterocycles. The molecule has 1 aromatic carbocycles. The molecule has 1 fully saturated rings. The molecule has 0 atom stereocenters. The second-order valence-electron chi connectivity index (χ2n) is 10.7. The van der Waals surface area contributed by atoms with Crippen LogP contribution in [0.1, 0.15) is 24.1 Å². The number of sulfonamides is 1. The van der Waals surface area contributed by atoms with Gasteiger partial charge in [0.1, 0.15) is 17.3 Å². The number of hydrogen-bond acceptors (Lipinski definition) is 9. The van der Waals surface area contributed by atoms with E-state index in [4.69, 9.17) is 5.26 Å². The van der Waals surface area contributed by atoms with Crippen LogP contribution < -0.4 is 9.80 Å². The number of halogens is 4. The van der Waals surface area contributed by atoms with Gasteiger partial charge < -0.3 is 18.9 Å². The first-order valence-electron chi connectivity index (χ1n) is 14.0. The maximum Gasteiger partial charge on any atom is 0.262 e. The number of nitriles is 1. The summed E-state index contributed by atoms with van der Waals surface area (Å²) < 4.78 is 91.9. The van der Waals surface area contributed by atoms with Crippen molar-refractivity contribution in [2.45, 2.75) is 24.4 Å². The van der Waals surface area contributed by atoms with Gasteiger partial charge in [0.15, 0.2) is 28.3 Å². The summed E-state index contributed by atoms with van der Waals surface area (Å²) in [6.45, 7) is 0.274. The summed E-state index contributed by atoms with van der Waals surface area (Å²) in [4.78, 5) is 19.6. The molecule has 45 heavy (non-hydrogen) atoms. The summed E-state index contributed by atoms with van der Waals surface area (Å²) in [5.74, 6) is -6.72. The quantitative estimate of drug-likeness (QED) is 0.178. The predicted molar refractivity (Wildman–Crippen MR) is 154 cm³/mol. The molecule has 1 saturated heterocycles. The Morgan fingerprint density at radius 2 is 1.64 bits per heavy atom. The minimum absolute atomic E-state index is 0.0585. The Balaban J connectivity index is 1.45. The highest BCUT2D eigenvalue weighted by molar-refractivity contribution is 7.89. The smallest absolute Gasteiger partial charge is 0.262 e. The minimum atomic E-state index is -4.20. The average Bonchev–Trinajstić information content (AvgIpc) is 3.67. The van der Waals surface area contributed by atoms with E-state index in [2.05, 4.69) is 19.9 Å². The lowest BCUT2D eigenvalue weighted by molar-refractivity contribution is 0.301. The number of piperidine rings is 1.